The molecule has 0 aliphatic heterocycles. The summed E-state index contributed by atoms with van der Waals surface area (Å²) in [4.78, 5) is 8.35. The molecule has 0 aliphatic rings. The van der Waals surface area contributed by atoms with Gasteiger partial charge in [0.15, 0.2) is 0 Å². The summed E-state index contributed by atoms with van der Waals surface area (Å²) in [6.45, 7) is 6.13. The molecule has 0 fully saturated rings. The molecule has 0 atom stereocenters. The minimum absolute atomic E-state index is 0.0945. The number of aromatic nitrogens is 2. The lowest BCUT2D eigenvalue weighted by atomic mass is 9.94. The van der Waals surface area contributed by atoms with Crippen LogP contribution in [0.15, 0.2) is 12.4 Å². The van der Waals surface area contributed by atoms with E-state index < -0.39 is 0 Å². The number of hydrogen-bond acceptors (Lipinski definition) is 4. The monoisotopic (exact) mass is 209 g/mol. The summed E-state index contributed by atoms with van der Waals surface area (Å²) >= 11 is 0. The number of aliphatic hydroxyl groups excluding tert-OH is 1. The van der Waals surface area contributed by atoms with Crippen molar-refractivity contribution < 1.29 is 5.11 Å². The molecule has 1 heterocycles. The SMILES string of the molecule is CCC(CC)(CO)Nc1ncc(C)cn1. The van der Waals surface area contributed by atoms with Crippen LogP contribution in [0.2, 0.25) is 0 Å². The molecule has 1 aromatic heterocycles. The molecule has 0 saturated carbocycles. The van der Waals surface area contributed by atoms with Gasteiger partial charge in [0, 0.05) is 12.4 Å². The van der Waals surface area contributed by atoms with Crippen molar-refractivity contribution >= 4 is 5.95 Å². The summed E-state index contributed by atoms with van der Waals surface area (Å²) in [6.07, 6.45) is 5.22. The van der Waals surface area contributed by atoms with Crippen molar-refractivity contribution in [3.8, 4) is 0 Å². The maximum Gasteiger partial charge on any atom is 0.223 e. The molecule has 0 saturated heterocycles. The number of aryl methyl sites for hydroxylation is 1. The quantitative estimate of drug-likeness (QED) is 0.775. The average Bonchev–Trinajstić information content (AvgIpc) is 2.29. The van der Waals surface area contributed by atoms with Crippen molar-refractivity contribution in [1.29, 1.82) is 0 Å². The highest BCUT2D eigenvalue weighted by Crippen LogP contribution is 2.19. The van der Waals surface area contributed by atoms with Crippen LogP contribution in [0.1, 0.15) is 32.3 Å². The van der Waals surface area contributed by atoms with Gasteiger partial charge in [0.2, 0.25) is 5.95 Å². The Morgan fingerprint density at radius 2 is 1.80 bits per heavy atom. The van der Waals surface area contributed by atoms with E-state index in [1.165, 1.54) is 0 Å². The Morgan fingerprint density at radius 3 is 2.20 bits per heavy atom. The van der Waals surface area contributed by atoms with Crippen molar-refractivity contribution in [3.63, 3.8) is 0 Å². The first-order valence-electron chi connectivity index (χ1n) is 5.33. The first-order chi connectivity index (χ1) is 7.15. The van der Waals surface area contributed by atoms with Gasteiger partial charge in [0.1, 0.15) is 0 Å². The van der Waals surface area contributed by atoms with Crippen LogP contribution in [0, 0.1) is 6.92 Å². The number of hydrogen-bond donors (Lipinski definition) is 2. The number of aliphatic hydroxyl groups is 1. The van der Waals surface area contributed by atoms with Gasteiger partial charge >= 0.3 is 0 Å². The predicted octanol–water partition coefficient (Wildman–Crippen LogP) is 1.75. The Morgan fingerprint density at radius 1 is 1.27 bits per heavy atom. The van der Waals surface area contributed by atoms with E-state index in [4.69, 9.17) is 0 Å². The molecule has 0 bridgehead atoms. The smallest absolute Gasteiger partial charge is 0.223 e. The highest BCUT2D eigenvalue weighted by Gasteiger charge is 2.25. The molecule has 1 rings (SSSR count). The Hall–Kier alpha value is -1.16. The van der Waals surface area contributed by atoms with E-state index in [1.54, 1.807) is 12.4 Å². The van der Waals surface area contributed by atoms with Crippen molar-refractivity contribution in [2.75, 3.05) is 11.9 Å². The lowest BCUT2D eigenvalue weighted by Gasteiger charge is -2.30. The molecule has 84 valence electrons. The van der Waals surface area contributed by atoms with Gasteiger partial charge in [0.05, 0.1) is 12.1 Å². The van der Waals surface area contributed by atoms with E-state index in [-0.39, 0.29) is 12.1 Å². The molecule has 0 amide bonds. The third-order valence-corrected chi connectivity index (χ3v) is 2.81. The second-order valence-corrected chi connectivity index (χ2v) is 3.85. The van der Waals surface area contributed by atoms with Crippen LogP contribution in [-0.2, 0) is 0 Å². The van der Waals surface area contributed by atoms with Gasteiger partial charge in [-0.3, -0.25) is 0 Å². The van der Waals surface area contributed by atoms with E-state index >= 15 is 0 Å². The van der Waals surface area contributed by atoms with Crippen LogP contribution >= 0.6 is 0 Å². The van der Waals surface area contributed by atoms with Crippen LogP contribution < -0.4 is 5.32 Å². The summed E-state index contributed by atoms with van der Waals surface area (Å²) in [7, 11) is 0. The molecule has 0 aromatic carbocycles. The summed E-state index contributed by atoms with van der Waals surface area (Å²) in [6, 6.07) is 0. The zero-order valence-corrected chi connectivity index (χ0v) is 9.62. The van der Waals surface area contributed by atoms with Gasteiger partial charge in [-0.1, -0.05) is 13.8 Å². The largest absolute Gasteiger partial charge is 0.394 e. The molecule has 0 unspecified atom stereocenters. The Kier molecular flexibility index (Phi) is 4.03. The van der Waals surface area contributed by atoms with Crippen molar-refractivity contribution in [3.05, 3.63) is 18.0 Å². The van der Waals surface area contributed by atoms with Crippen molar-refractivity contribution in [2.24, 2.45) is 0 Å². The number of anilines is 1. The topological polar surface area (TPSA) is 58.0 Å². The van der Waals surface area contributed by atoms with Crippen molar-refractivity contribution in [2.45, 2.75) is 39.2 Å². The molecule has 0 radical (unpaired) electrons. The lowest BCUT2D eigenvalue weighted by molar-refractivity contribution is 0.201. The zero-order valence-electron chi connectivity index (χ0n) is 9.62. The van der Waals surface area contributed by atoms with Gasteiger partial charge in [-0.15, -0.1) is 0 Å². The molecular weight excluding hydrogens is 190 g/mol. The van der Waals surface area contributed by atoms with Gasteiger partial charge in [0.25, 0.3) is 0 Å². The Balaban J connectivity index is 2.78. The number of nitrogens with one attached hydrogen (secondary N) is 1. The van der Waals surface area contributed by atoms with Crippen LogP contribution in [0.25, 0.3) is 0 Å². The molecule has 0 aliphatic carbocycles. The number of rotatable bonds is 5. The molecule has 1 aromatic rings. The molecule has 15 heavy (non-hydrogen) atoms. The third kappa shape index (κ3) is 2.89. The van der Waals surface area contributed by atoms with Crippen LogP contribution in [0.3, 0.4) is 0 Å². The second kappa shape index (κ2) is 5.07. The zero-order chi connectivity index (χ0) is 11.3. The van der Waals surface area contributed by atoms with Crippen LogP contribution in [0.4, 0.5) is 5.95 Å². The first kappa shape index (κ1) is 11.9. The minimum atomic E-state index is -0.296. The standard InChI is InChI=1S/C11H19N3O/c1-4-11(5-2,8-15)14-10-12-6-9(3)7-13-10/h6-7,15H,4-5,8H2,1-3H3,(H,12,13,14). The summed E-state index contributed by atoms with van der Waals surface area (Å²) in [5, 5.41) is 12.6. The van der Waals surface area contributed by atoms with E-state index in [2.05, 4.69) is 15.3 Å². The summed E-state index contributed by atoms with van der Waals surface area (Å²) in [5.41, 5.74) is 0.734. The lowest BCUT2D eigenvalue weighted by Crippen LogP contribution is -2.41. The second-order valence-electron chi connectivity index (χ2n) is 3.85. The molecular formula is C11H19N3O. The van der Waals surface area contributed by atoms with Gasteiger partial charge in [-0.05, 0) is 25.3 Å². The third-order valence-electron chi connectivity index (χ3n) is 2.81. The fourth-order valence-electron chi connectivity index (χ4n) is 1.38. The minimum Gasteiger partial charge on any atom is -0.394 e. The fourth-order valence-corrected chi connectivity index (χ4v) is 1.38. The molecule has 4 nitrogen and oxygen atoms in total. The predicted molar refractivity (Wildman–Crippen MR) is 60.8 cm³/mol. The van der Waals surface area contributed by atoms with Crippen LogP contribution in [-0.4, -0.2) is 27.2 Å². The fraction of sp³-hybridized carbons (Fsp3) is 0.636. The Bertz CT molecular complexity index is 285. The molecule has 2 N–H and O–H groups in total. The summed E-state index contributed by atoms with van der Waals surface area (Å²) in [5.74, 6) is 0.582. The molecule has 4 heteroatoms. The average molecular weight is 209 g/mol. The van der Waals surface area contributed by atoms with Crippen molar-refractivity contribution in [1.82, 2.24) is 9.97 Å². The van der Waals surface area contributed by atoms with E-state index in [9.17, 15) is 5.11 Å². The van der Waals surface area contributed by atoms with E-state index in [1.807, 2.05) is 20.8 Å². The normalized spacial score (nSPS) is 11.5. The van der Waals surface area contributed by atoms with Gasteiger partial charge in [-0.2, -0.15) is 0 Å². The van der Waals surface area contributed by atoms with Gasteiger partial charge < -0.3 is 10.4 Å². The van der Waals surface area contributed by atoms with E-state index in [0.29, 0.717) is 5.95 Å². The summed E-state index contributed by atoms with van der Waals surface area (Å²) < 4.78 is 0. The highest BCUT2D eigenvalue weighted by molar-refractivity contribution is 5.29. The maximum absolute atomic E-state index is 9.37. The highest BCUT2D eigenvalue weighted by atomic mass is 16.3. The number of nitrogens with zero attached hydrogens (tertiary/aromatic N) is 2. The van der Waals surface area contributed by atoms with Crippen LogP contribution in [0.5, 0.6) is 0 Å². The van der Waals surface area contributed by atoms with E-state index in [0.717, 1.165) is 18.4 Å². The van der Waals surface area contributed by atoms with Gasteiger partial charge in [-0.25, -0.2) is 9.97 Å². The maximum atomic E-state index is 9.37. The first-order valence-corrected chi connectivity index (χ1v) is 5.33. The molecule has 0 spiro atoms. The Labute approximate surface area is 90.8 Å².